The molecule has 4 nitrogen and oxygen atoms in total. The molecule has 2 unspecified atom stereocenters. The molecule has 0 radical (unpaired) electrons. The summed E-state index contributed by atoms with van der Waals surface area (Å²) in [6, 6.07) is 71.5. The summed E-state index contributed by atoms with van der Waals surface area (Å²) in [5.74, 6) is -0.216. The van der Waals surface area contributed by atoms with Gasteiger partial charge in [-0.1, -0.05) is 110 Å². The second kappa shape index (κ2) is 16.5. The summed E-state index contributed by atoms with van der Waals surface area (Å²) in [5, 5.41) is 4.65. The molecule has 1 aliphatic rings. The first-order valence-electron chi connectivity index (χ1n) is 22.8. The van der Waals surface area contributed by atoms with E-state index in [1.165, 1.54) is 46.1 Å². The quantitative estimate of drug-likeness (QED) is 0.144. The summed E-state index contributed by atoms with van der Waals surface area (Å²) in [6.07, 6.45) is 8.83. The van der Waals surface area contributed by atoms with Gasteiger partial charge in [-0.2, -0.15) is 0 Å². The summed E-state index contributed by atoms with van der Waals surface area (Å²) in [5.41, 5.74) is 13.4. The number of hydrogen-bond donors (Lipinski definition) is 0. The van der Waals surface area contributed by atoms with Crippen molar-refractivity contribution in [3.63, 3.8) is 0 Å². The molecule has 2 atom stereocenters. The number of para-hydroxylation sites is 3. The molecule has 0 N–H and O–H groups in total. The van der Waals surface area contributed by atoms with Crippen LogP contribution in [-0.2, 0) is 0 Å². The molecule has 0 fully saturated rings. The average molecular weight is 871 g/mol. The first kappa shape index (κ1) is 40.1. The predicted molar refractivity (Wildman–Crippen MR) is 275 cm³/mol. The molecule has 0 spiro atoms. The van der Waals surface area contributed by atoms with E-state index in [-0.39, 0.29) is 17.7 Å². The fourth-order valence-corrected chi connectivity index (χ4v) is 10.1. The van der Waals surface area contributed by atoms with Crippen LogP contribution in [0, 0.1) is 17.6 Å². The van der Waals surface area contributed by atoms with Crippen molar-refractivity contribution >= 4 is 77.7 Å². The molecule has 0 bridgehead atoms. The van der Waals surface area contributed by atoms with Crippen molar-refractivity contribution < 1.29 is 8.78 Å². The molecular weight excluding hydrogens is 827 g/mol. The van der Waals surface area contributed by atoms with Crippen LogP contribution in [0.1, 0.15) is 13.0 Å². The Labute approximate surface area is 387 Å². The number of rotatable bonds is 9. The Morgan fingerprint density at radius 3 is 1.33 bits per heavy atom. The van der Waals surface area contributed by atoms with Crippen LogP contribution < -0.4 is 9.80 Å². The van der Waals surface area contributed by atoms with Crippen molar-refractivity contribution in [1.82, 2.24) is 9.13 Å². The summed E-state index contributed by atoms with van der Waals surface area (Å²) in [6.45, 7) is 2.27. The lowest BCUT2D eigenvalue weighted by molar-refractivity contribution is 0.510. The van der Waals surface area contributed by atoms with E-state index in [0.29, 0.717) is 5.92 Å². The van der Waals surface area contributed by atoms with Gasteiger partial charge in [-0.3, -0.25) is 0 Å². The third-order valence-electron chi connectivity index (χ3n) is 13.3. The minimum Gasteiger partial charge on any atom is -0.333 e. The highest BCUT2D eigenvalue weighted by Gasteiger charge is 2.23. The zero-order chi connectivity index (χ0) is 45.0. The number of nitrogens with zero attached hydrogens (tertiary/aromatic N) is 4. The second-order valence-corrected chi connectivity index (χ2v) is 17.3. The minimum atomic E-state index is -0.283. The lowest BCUT2D eigenvalue weighted by atomic mass is 9.96. The van der Waals surface area contributed by atoms with Gasteiger partial charge < -0.3 is 18.9 Å². The Hall–Kier alpha value is -8.48. The zero-order valence-electron chi connectivity index (χ0n) is 36.7. The predicted octanol–water partition coefficient (Wildman–Crippen LogP) is 17.1. The van der Waals surface area contributed by atoms with Crippen LogP contribution in [0.3, 0.4) is 0 Å². The number of fused-ring (bicyclic) bond motifs is 6. The highest BCUT2D eigenvalue weighted by molar-refractivity contribution is 6.11. The maximum absolute atomic E-state index is 14.4. The van der Waals surface area contributed by atoms with E-state index in [1.54, 1.807) is 0 Å². The Balaban J connectivity index is 0.906. The first-order chi connectivity index (χ1) is 33.0. The summed E-state index contributed by atoms with van der Waals surface area (Å²) in [7, 11) is 0. The van der Waals surface area contributed by atoms with Gasteiger partial charge in [-0.25, -0.2) is 8.78 Å². The summed E-state index contributed by atoms with van der Waals surface area (Å²) >= 11 is 0. The Bertz CT molecular complexity index is 3660. The van der Waals surface area contributed by atoms with Gasteiger partial charge in [0.2, 0.25) is 0 Å². The lowest BCUT2D eigenvalue weighted by Gasteiger charge is -2.27. The lowest BCUT2D eigenvalue weighted by Crippen LogP contribution is -2.15. The summed E-state index contributed by atoms with van der Waals surface area (Å²) in [4.78, 5) is 4.37. The molecule has 2 heterocycles. The topological polar surface area (TPSA) is 16.3 Å². The smallest absolute Gasteiger partial charge is 0.123 e. The molecule has 0 aliphatic heterocycles. The number of aromatic nitrogens is 2. The van der Waals surface area contributed by atoms with Crippen molar-refractivity contribution in [2.24, 2.45) is 5.92 Å². The molecule has 0 saturated heterocycles. The molecule has 67 heavy (non-hydrogen) atoms. The number of anilines is 6. The number of hydrogen-bond acceptors (Lipinski definition) is 2. The van der Waals surface area contributed by atoms with E-state index in [1.807, 2.05) is 30.3 Å². The zero-order valence-corrected chi connectivity index (χ0v) is 36.7. The third-order valence-corrected chi connectivity index (χ3v) is 13.3. The van der Waals surface area contributed by atoms with Crippen LogP contribution >= 0.6 is 0 Å². The van der Waals surface area contributed by atoms with Gasteiger partial charge in [0.05, 0.1) is 17.1 Å². The van der Waals surface area contributed by atoms with Gasteiger partial charge in [-0.15, -0.1) is 0 Å². The van der Waals surface area contributed by atoms with Gasteiger partial charge in [-0.05, 0) is 151 Å². The maximum Gasteiger partial charge on any atom is 0.123 e. The largest absolute Gasteiger partial charge is 0.333 e. The van der Waals surface area contributed by atoms with Crippen molar-refractivity contribution in [2.75, 3.05) is 9.80 Å². The fraction of sp³-hybridized carbons (Fsp3) is 0.0492. The second-order valence-electron chi connectivity index (χ2n) is 17.3. The Kier molecular flexibility index (Phi) is 9.87. The van der Waals surface area contributed by atoms with Gasteiger partial charge >= 0.3 is 0 Å². The van der Waals surface area contributed by atoms with E-state index in [0.717, 1.165) is 72.7 Å². The van der Waals surface area contributed by atoms with E-state index < -0.39 is 0 Å². The van der Waals surface area contributed by atoms with Crippen LogP contribution in [0.25, 0.3) is 60.4 Å². The molecule has 0 amide bonds. The highest BCUT2D eigenvalue weighted by atomic mass is 19.1. The van der Waals surface area contributed by atoms with Gasteiger partial charge in [0, 0.05) is 72.4 Å². The fourth-order valence-electron chi connectivity index (χ4n) is 10.1. The molecule has 6 heteroatoms. The Morgan fingerprint density at radius 2 is 0.776 bits per heavy atom. The van der Waals surface area contributed by atoms with Gasteiger partial charge in [0.1, 0.15) is 11.6 Å². The number of allylic oxidation sites excluding steroid dienone is 4. The monoisotopic (exact) mass is 870 g/mol. The molecule has 9 aromatic carbocycles. The van der Waals surface area contributed by atoms with Crippen LogP contribution in [0.4, 0.5) is 42.9 Å². The van der Waals surface area contributed by atoms with Crippen LogP contribution in [0.2, 0.25) is 0 Å². The normalized spacial score (nSPS) is 14.7. The molecule has 11 aromatic rings. The van der Waals surface area contributed by atoms with Gasteiger partial charge in [0.15, 0.2) is 0 Å². The van der Waals surface area contributed by atoms with E-state index in [9.17, 15) is 8.78 Å². The highest BCUT2D eigenvalue weighted by Crippen LogP contribution is 2.43. The molecule has 12 rings (SSSR count). The molecule has 322 valence electrons. The van der Waals surface area contributed by atoms with Crippen molar-refractivity contribution in [2.45, 2.75) is 13.0 Å². The number of halogens is 2. The number of benzene rings is 9. The first-order valence-corrected chi connectivity index (χ1v) is 22.8. The van der Waals surface area contributed by atoms with Crippen molar-refractivity contribution in [3.8, 4) is 16.8 Å². The van der Waals surface area contributed by atoms with Gasteiger partial charge in [0.25, 0.3) is 0 Å². The molecular formula is C61H44F2N4. The Morgan fingerprint density at radius 1 is 0.373 bits per heavy atom. The van der Waals surface area contributed by atoms with Crippen LogP contribution in [0.15, 0.2) is 237 Å². The molecule has 2 aromatic heterocycles. The van der Waals surface area contributed by atoms with E-state index in [2.05, 4.69) is 208 Å². The van der Waals surface area contributed by atoms with Crippen LogP contribution in [0.5, 0.6) is 0 Å². The van der Waals surface area contributed by atoms with Crippen molar-refractivity contribution in [1.29, 1.82) is 0 Å². The minimum absolute atomic E-state index is 0.197. The standard InChI is InChI=1S/C61H44F2N4/c1-41-11-5-8-16-57(41)67-59-18-10-7-15-54(59)56-40-52(36-38-61(56)67)65(50-33-25-45(63)26-34-50)48-29-21-43(22-30-48)42-19-27-47(28-20-42)64(49-31-23-44(62)24-32-49)51-35-37-60-55(39-51)53-14-6-9-17-58(53)66(60)46-12-3-2-4-13-46/h2-41,57H,1H3. The average Bonchev–Trinajstić information content (AvgIpc) is 3.88. The third kappa shape index (κ3) is 7.06. The van der Waals surface area contributed by atoms with E-state index in [4.69, 9.17) is 0 Å². The summed E-state index contributed by atoms with van der Waals surface area (Å²) < 4.78 is 33.6. The molecule has 1 aliphatic carbocycles. The molecule has 0 saturated carbocycles. The van der Waals surface area contributed by atoms with Crippen molar-refractivity contribution in [3.05, 3.63) is 248 Å². The van der Waals surface area contributed by atoms with Crippen LogP contribution in [-0.4, -0.2) is 9.13 Å². The maximum atomic E-state index is 14.4. The SMILES string of the molecule is CC1C=CC=CC1n1c2ccccc2c2cc(N(c3ccc(F)cc3)c3ccc(-c4ccc(N(c5ccc(F)cc5)c5ccc6c(c5)c5ccccc5n6-c5ccccc5)cc4)cc3)ccc21. The van der Waals surface area contributed by atoms with E-state index >= 15 is 0 Å².